The fourth-order valence-electron chi connectivity index (χ4n) is 3.36. The standard InChI is InChI=1S/C19H19N5O/c1-19(2,25)13-6-4-11(5-7-13)16-14(8-20)15-17-12(10-22-24(17)3)9-21-18(15)23-16/h4-7,10,21,23,25H,9H2,1-3H3. The number of anilines is 1. The van der Waals surface area contributed by atoms with Crippen molar-refractivity contribution < 1.29 is 5.11 Å². The molecule has 4 rings (SSSR count). The number of aryl methyl sites for hydroxylation is 1. The van der Waals surface area contributed by atoms with Crippen molar-refractivity contribution in [1.82, 2.24) is 14.8 Å². The summed E-state index contributed by atoms with van der Waals surface area (Å²) in [6.07, 6.45) is 1.83. The van der Waals surface area contributed by atoms with Gasteiger partial charge < -0.3 is 15.4 Å². The molecule has 0 atom stereocenters. The van der Waals surface area contributed by atoms with Crippen LogP contribution in [0.4, 0.5) is 5.82 Å². The van der Waals surface area contributed by atoms with Crippen LogP contribution in [0.25, 0.3) is 22.5 Å². The second-order valence-electron chi connectivity index (χ2n) is 6.87. The average molecular weight is 333 g/mol. The minimum atomic E-state index is -0.892. The van der Waals surface area contributed by atoms with E-state index in [1.165, 1.54) is 0 Å². The Balaban J connectivity index is 1.88. The van der Waals surface area contributed by atoms with Gasteiger partial charge in [-0.25, -0.2) is 0 Å². The summed E-state index contributed by atoms with van der Waals surface area (Å²) in [6.45, 7) is 4.19. The van der Waals surface area contributed by atoms with Crippen molar-refractivity contribution >= 4 is 5.82 Å². The molecule has 3 aromatic rings. The van der Waals surface area contributed by atoms with E-state index in [4.69, 9.17) is 0 Å². The highest BCUT2D eigenvalue weighted by Crippen LogP contribution is 2.42. The molecule has 0 saturated heterocycles. The molecule has 126 valence electrons. The lowest BCUT2D eigenvalue weighted by molar-refractivity contribution is 0.0786. The van der Waals surface area contributed by atoms with E-state index >= 15 is 0 Å². The number of nitriles is 1. The van der Waals surface area contributed by atoms with Crippen molar-refractivity contribution in [3.63, 3.8) is 0 Å². The van der Waals surface area contributed by atoms with E-state index in [1.807, 2.05) is 42.2 Å². The van der Waals surface area contributed by atoms with Crippen LogP contribution >= 0.6 is 0 Å². The fraction of sp³-hybridized carbons (Fsp3) is 0.263. The molecule has 2 aromatic heterocycles. The van der Waals surface area contributed by atoms with Crippen LogP contribution in [-0.2, 0) is 19.2 Å². The first-order valence-corrected chi connectivity index (χ1v) is 8.14. The van der Waals surface area contributed by atoms with Gasteiger partial charge in [-0.05, 0) is 25.0 Å². The molecular weight excluding hydrogens is 314 g/mol. The van der Waals surface area contributed by atoms with Gasteiger partial charge in [-0.2, -0.15) is 10.4 Å². The van der Waals surface area contributed by atoms with Crippen molar-refractivity contribution in [1.29, 1.82) is 5.26 Å². The molecule has 0 aliphatic carbocycles. The summed E-state index contributed by atoms with van der Waals surface area (Å²) in [6, 6.07) is 9.97. The van der Waals surface area contributed by atoms with Crippen LogP contribution in [0, 0.1) is 11.3 Å². The number of hydrogen-bond donors (Lipinski definition) is 3. The van der Waals surface area contributed by atoms with Gasteiger partial charge in [-0.3, -0.25) is 4.68 Å². The Morgan fingerprint density at radius 3 is 2.64 bits per heavy atom. The predicted octanol–water partition coefficient (Wildman–Crippen LogP) is 3.11. The molecule has 1 aromatic carbocycles. The Morgan fingerprint density at radius 2 is 2.00 bits per heavy atom. The lowest BCUT2D eigenvalue weighted by atomic mass is 9.95. The Kier molecular flexibility index (Phi) is 3.24. The monoisotopic (exact) mass is 333 g/mol. The molecule has 3 heterocycles. The number of hydrogen-bond acceptors (Lipinski definition) is 4. The van der Waals surface area contributed by atoms with Gasteiger partial charge in [0, 0.05) is 19.2 Å². The van der Waals surface area contributed by atoms with Crippen LogP contribution in [-0.4, -0.2) is 19.9 Å². The molecule has 1 aliphatic rings. The predicted molar refractivity (Wildman–Crippen MR) is 95.7 cm³/mol. The van der Waals surface area contributed by atoms with Gasteiger partial charge >= 0.3 is 0 Å². The van der Waals surface area contributed by atoms with E-state index < -0.39 is 5.60 Å². The molecule has 0 fully saturated rings. The largest absolute Gasteiger partial charge is 0.386 e. The number of aromatic nitrogens is 3. The molecular formula is C19H19N5O. The third-order valence-corrected chi connectivity index (χ3v) is 4.70. The number of H-pyrrole nitrogens is 1. The first-order chi connectivity index (χ1) is 11.9. The number of nitrogens with one attached hydrogen (secondary N) is 2. The lowest BCUT2D eigenvalue weighted by Crippen LogP contribution is -2.14. The third kappa shape index (κ3) is 2.32. The van der Waals surface area contributed by atoms with E-state index in [0.717, 1.165) is 39.5 Å². The Morgan fingerprint density at radius 1 is 1.28 bits per heavy atom. The molecule has 3 N–H and O–H groups in total. The first-order valence-electron chi connectivity index (χ1n) is 8.14. The quantitative estimate of drug-likeness (QED) is 0.672. The molecule has 0 amide bonds. The summed E-state index contributed by atoms with van der Waals surface area (Å²) in [5, 5.41) is 27.6. The lowest BCUT2D eigenvalue weighted by Gasteiger charge is -2.17. The van der Waals surface area contributed by atoms with E-state index in [1.54, 1.807) is 13.8 Å². The summed E-state index contributed by atoms with van der Waals surface area (Å²) < 4.78 is 1.81. The normalized spacial score (nSPS) is 12.9. The van der Waals surface area contributed by atoms with Crippen molar-refractivity contribution in [3.8, 4) is 28.6 Å². The van der Waals surface area contributed by atoms with Crippen LogP contribution in [0.1, 0.15) is 30.5 Å². The highest BCUT2D eigenvalue weighted by molar-refractivity contribution is 5.90. The second-order valence-corrected chi connectivity index (χ2v) is 6.87. The number of nitrogens with zero attached hydrogens (tertiary/aromatic N) is 3. The van der Waals surface area contributed by atoms with Gasteiger partial charge in [0.15, 0.2) is 0 Å². The summed E-state index contributed by atoms with van der Waals surface area (Å²) in [4.78, 5) is 3.35. The van der Waals surface area contributed by atoms with Crippen molar-refractivity contribution in [2.75, 3.05) is 5.32 Å². The second kappa shape index (κ2) is 5.23. The molecule has 0 bridgehead atoms. The smallest absolute Gasteiger partial charge is 0.115 e. The van der Waals surface area contributed by atoms with Gasteiger partial charge in [0.1, 0.15) is 11.9 Å². The number of aromatic amines is 1. The molecule has 6 heteroatoms. The van der Waals surface area contributed by atoms with Crippen LogP contribution in [0.5, 0.6) is 0 Å². The van der Waals surface area contributed by atoms with Gasteiger partial charge in [-0.15, -0.1) is 0 Å². The highest BCUT2D eigenvalue weighted by Gasteiger charge is 2.28. The van der Waals surface area contributed by atoms with Crippen LogP contribution in [0.15, 0.2) is 30.5 Å². The number of fused-ring (bicyclic) bond motifs is 3. The van der Waals surface area contributed by atoms with Gasteiger partial charge in [-0.1, -0.05) is 24.3 Å². The minimum absolute atomic E-state index is 0.600. The molecule has 0 radical (unpaired) electrons. The minimum Gasteiger partial charge on any atom is -0.386 e. The van der Waals surface area contributed by atoms with Crippen molar-refractivity contribution in [2.24, 2.45) is 7.05 Å². The maximum absolute atomic E-state index is 10.1. The molecule has 0 unspecified atom stereocenters. The van der Waals surface area contributed by atoms with Crippen LogP contribution in [0.3, 0.4) is 0 Å². The van der Waals surface area contributed by atoms with E-state index in [9.17, 15) is 10.4 Å². The molecule has 25 heavy (non-hydrogen) atoms. The van der Waals surface area contributed by atoms with E-state index in [-0.39, 0.29) is 0 Å². The zero-order valence-electron chi connectivity index (χ0n) is 14.4. The number of rotatable bonds is 2. The first kappa shape index (κ1) is 15.5. The van der Waals surface area contributed by atoms with E-state index in [0.29, 0.717) is 12.1 Å². The van der Waals surface area contributed by atoms with Gasteiger partial charge in [0.2, 0.25) is 0 Å². The maximum atomic E-state index is 10.1. The molecule has 6 nitrogen and oxygen atoms in total. The number of aliphatic hydroxyl groups is 1. The average Bonchev–Trinajstić information content (AvgIpc) is 3.14. The highest BCUT2D eigenvalue weighted by atomic mass is 16.3. The Labute approximate surface area is 145 Å². The van der Waals surface area contributed by atoms with Crippen LogP contribution in [0.2, 0.25) is 0 Å². The van der Waals surface area contributed by atoms with E-state index in [2.05, 4.69) is 21.5 Å². The molecule has 0 saturated carbocycles. The van der Waals surface area contributed by atoms with Gasteiger partial charge in [0.25, 0.3) is 0 Å². The summed E-state index contributed by atoms with van der Waals surface area (Å²) in [5.74, 6) is 0.842. The number of benzene rings is 1. The molecule has 1 aliphatic heterocycles. The molecule has 0 spiro atoms. The van der Waals surface area contributed by atoms with Gasteiger partial charge in [0.05, 0.1) is 34.3 Å². The van der Waals surface area contributed by atoms with Crippen molar-refractivity contribution in [3.05, 3.63) is 47.2 Å². The SMILES string of the molecule is Cn1ncc2c1-c1c([nH]c(-c3ccc(C(C)(C)O)cc3)c1C#N)NC2. The Bertz CT molecular complexity index is 996. The maximum Gasteiger partial charge on any atom is 0.115 e. The topological polar surface area (TPSA) is 89.7 Å². The Hall–Kier alpha value is -3.04. The van der Waals surface area contributed by atoms with Crippen molar-refractivity contribution in [2.45, 2.75) is 26.0 Å². The summed E-state index contributed by atoms with van der Waals surface area (Å²) in [7, 11) is 1.89. The zero-order chi connectivity index (χ0) is 17.8. The van der Waals surface area contributed by atoms with Crippen LogP contribution < -0.4 is 5.32 Å². The third-order valence-electron chi connectivity index (χ3n) is 4.70. The summed E-state index contributed by atoms with van der Waals surface area (Å²) >= 11 is 0. The zero-order valence-corrected chi connectivity index (χ0v) is 14.4. The summed E-state index contributed by atoms with van der Waals surface area (Å²) in [5.41, 5.74) is 5.14. The fourth-order valence-corrected chi connectivity index (χ4v) is 3.36.